The van der Waals surface area contributed by atoms with Gasteiger partial charge in [-0.25, -0.2) is 0 Å². The molecular weight excluding hydrogens is 208 g/mol. The molecule has 2 heteroatoms. The third-order valence-corrected chi connectivity index (χ3v) is 3.86. The van der Waals surface area contributed by atoms with Gasteiger partial charge in [-0.1, -0.05) is 33.6 Å². The summed E-state index contributed by atoms with van der Waals surface area (Å²) in [5.74, 6) is 1.03. The number of hydrogen-bond donors (Lipinski definition) is 1. The molecular formula is C15H32N2. The summed E-state index contributed by atoms with van der Waals surface area (Å²) in [4.78, 5) is 2.67. The molecule has 17 heavy (non-hydrogen) atoms. The first-order valence-electron chi connectivity index (χ1n) is 7.68. The zero-order valence-corrected chi connectivity index (χ0v) is 12.2. The van der Waals surface area contributed by atoms with E-state index in [9.17, 15) is 0 Å². The van der Waals surface area contributed by atoms with E-state index >= 15 is 0 Å². The Balaban J connectivity index is 1.95. The second-order valence-electron chi connectivity index (χ2n) is 5.89. The Morgan fingerprint density at radius 2 is 1.88 bits per heavy atom. The molecule has 1 aliphatic rings. The Morgan fingerprint density at radius 3 is 2.47 bits per heavy atom. The van der Waals surface area contributed by atoms with E-state index in [-0.39, 0.29) is 0 Å². The molecule has 0 saturated carbocycles. The average Bonchev–Trinajstić information content (AvgIpc) is 2.31. The number of piperidine rings is 1. The number of unbranched alkanes of at least 4 members (excludes halogenated alkanes) is 1. The van der Waals surface area contributed by atoms with Crippen molar-refractivity contribution in [1.82, 2.24) is 10.2 Å². The third kappa shape index (κ3) is 7.05. The molecule has 0 aromatic rings. The van der Waals surface area contributed by atoms with Crippen LogP contribution in [-0.4, -0.2) is 37.1 Å². The topological polar surface area (TPSA) is 15.3 Å². The van der Waals surface area contributed by atoms with Crippen LogP contribution in [0.5, 0.6) is 0 Å². The summed E-state index contributed by atoms with van der Waals surface area (Å²) in [7, 11) is 0. The van der Waals surface area contributed by atoms with Crippen molar-refractivity contribution in [3.63, 3.8) is 0 Å². The minimum Gasteiger partial charge on any atom is -0.315 e. The van der Waals surface area contributed by atoms with Gasteiger partial charge < -0.3 is 10.2 Å². The van der Waals surface area contributed by atoms with Crippen LogP contribution in [0, 0.1) is 5.92 Å². The number of hydrogen-bond acceptors (Lipinski definition) is 2. The van der Waals surface area contributed by atoms with Crippen molar-refractivity contribution in [2.24, 2.45) is 5.92 Å². The zero-order chi connectivity index (χ0) is 12.5. The molecule has 1 heterocycles. The predicted molar refractivity (Wildman–Crippen MR) is 76.4 cm³/mol. The molecule has 0 atom stereocenters. The maximum atomic E-state index is 3.49. The Morgan fingerprint density at radius 1 is 1.18 bits per heavy atom. The van der Waals surface area contributed by atoms with Crippen molar-refractivity contribution < 1.29 is 0 Å². The molecule has 1 saturated heterocycles. The maximum Gasteiger partial charge on any atom is 0.00103 e. The molecule has 0 spiro atoms. The van der Waals surface area contributed by atoms with Gasteiger partial charge in [-0.05, 0) is 57.8 Å². The first-order chi connectivity index (χ1) is 8.22. The zero-order valence-electron chi connectivity index (χ0n) is 12.2. The lowest BCUT2D eigenvalue weighted by molar-refractivity contribution is 0.176. The van der Waals surface area contributed by atoms with Crippen LogP contribution in [0.4, 0.5) is 0 Å². The van der Waals surface area contributed by atoms with E-state index in [1.807, 2.05) is 0 Å². The van der Waals surface area contributed by atoms with Gasteiger partial charge in [-0.3, -0.25) is 0 Å². The molecule has 2 nitrogen and oxygen atoms in total. The summed E-state index contributed by atoms with van der Waals surface area (Å²) >= 11 is 0. The van der Waals surface area contributed by atoms with Gasteiger partial charge in [0, 0.05) is 6.04 Å². The van der Waals surface area contributed by atoms with Gasteiger partial charge in [0.25, 0.3) is 0 Å². The molecule has 0 aliphatic carbocycles. The number of rotatable bonds is 8. The quantitative estimate of drug-likeness (QED) is 0.655. The molecule has 0 unspecified atom stereocenters. The van der Waals surface area contributed by atoms with Crippen molar-refractivity contribution in [1.29, 1.82) is 0 Å². The van der Waals surface area contributed by atoms with Crippen molar-refractivity contribution in [3.05, 3.63) is 0 Å². The van der Waals surface area contributed by atoms with Crippen LogP contribution in [0.1, 0.15) is 59.3 Å². The van der Waals surface area contributed by atoms with E-state index in [4.69, 9.17) is 0 Å². The van der Waals surface area contributed by atoms with Crippen LogP contribution in [0.15, 0.2) is 0 Å². The largest absolute Gasteiger partial charge is 0.315 e. The molecule has 102 valence electrons. The smallest absolute Gasteiger partial charge is 0.00103 e. The van der Waals surface area contributed by atoms with E-state index < -0.39 is 0 Å². The second kappa shape index (κ2) is 8.93. The Hall–Kier alpha value is -0.0800. The highest BCUT2D eigenvalue weighted by Gasteiger charge is 2.17. The number of nitrogens with zero attached hydrogens (tertiary/aromatic N) is 1. The molecule has 0 bridgehead atoms. The number of likely N-dealkylation sites (tertiary alicyclic amines) is 1. The first kappa shape index (κ1) is 15.0. The fourth-order valence-electron chi connectivity index (χ4n) is 2.76. The van der Waals surface area contributed by atoms with Crippen LogP contribution in [0.3, 0.4) is 0 Å². The third-order valence-electron chi connectivity index (χ3n) is 3.86. The van der Waals surface area contributed by atoms with Crippen LogP contribution in [0.2, 0.25) is 0 Å². The summed E-state index contributed by atoms with van der Waals surface area (Å²) in [6.45, 7) is 12.0. The predicted octanol–water partition coefficient (Wildman–Crippen LogP) is 3.28. The van der Waals surface area contributed by atoms with Gasteiger partial charge in [0.1, 0.15) is 0 Å². The minimum absolute atomic E-state index is 0.639. The molecule has 1 fully saturated rings. The van der Waals surface area contributed by atoms with Crippen molar-refractivity contribution >= 4 is 0 Å². The van der Waals surface area contributed by atoms with E-state index in [1.54, 1.807) is 0 Å². The highest BCUT2D eigenvalue weighted by Crippen LogP contribution is 2.21. The highest BCUT2D eigenvalue weighted by atomic mass is 15.1. The van der Waals surface area contributed by atoms with Gasteiger partial charge in [-0.15, -0.1) is 0 Å². The molecule has 0 amide bonds. The van der Waals surface area contributed by atoms with E-state index in [0.717, 1.165) is 5.92 Å². The van der Waals surface area contributed by atoms with Gasteiger partial charge in [-0.2, -0.15) is 0 Å². The second-order valence-corrected chi connectivity index (χ2v) is 5.89. The average molecular weight is 240 g/mol. The summed E-state index contributed by atoms with van der Waals surface area (Å²) in [6, 6.07) is 0.639. The molecule has 0 aromatic heterocycles. The van der Waals surface area contributed by atoms with Crippen LogP contribution >= 0.6 is 0 Å². The van der Waals surface area contributed by atoms with Crippen molar-refractivity contribution in [2.75, 3.05) is 26.2 Å². The van der Waals surface area contributed by atoms with E-state index in [2.05, 4.69) is 31.0 Å². The van der Waals surface area contributed by atoms with Crippen LogP contribution in [0.25, 0.3) is 0 Å². The van der Waals surface area contributed by atoms with Crippen LogP contribution < -0.4 is 5.32 Å². The fourth-order valence-corrected chi connectivity index (χ4v) is 2.76. The van der Waals surface area contributed by atoms with Gasteiger partial charge in [0.05, 0.1) is 0 Å². The molecule has 1 aliphatic heterocycles. The Labute approximate surface area is 108 Å². The lowest BCUT2D eigenvalue weighted by Crippen LogP contribution is -2.34. The minimum atomic E-state index is 0.639. The van der Waals surface area contributed by atoms with Crippen LogP contribution in [-0.2, 0) is 0 Å². The maximum absolute atomic E-state index is 3.49. The summed E-state index contributed by atoms with van der Waals surface area (Å²) in [6.07, 6.45) is 8.39. The highest BCUT2D eigenvalue weighted by molar-refractivity contribution is 4.72. The first-order valence-corrected chi connectivity index (χ1v) is 7.68. The van der Waals surface area contributed by atoms with Crippen molar-refractivity contribution in [3.8, 4) is 0 Å². The Kier molecular flexibility index (Phi) is 7.87. The lowest BCUT2D eigenvalue weighted by atomic mass is 9.92. The van der Waals surface area contributed by atoms with E-state index in [1.165, 1.54) is 64.7 Å². The van der Waals surface area contributed by atoms with Gasteiger partial charge in [0.2, 0.25) is 0 Å². The normalized spacial score (nSPS) is 19.1. The SMILES string of the molecule is CCCC1CCN(CCCCNC(C)C)CC1. The van der Waals surface area contributed by atoms with E-state index in [0.29, 0.717) is 6.04 Å². The summed E-state index contributed by atoms with van der Waals surface area (Å²) < 4.78 is 0. The van der Waals surface area contributed by atoms with Gasteiger partial charge >= 0.3 is 0 Å². The van der Waals surface area contributed by atoms with Crippen molar-refractivity contribution in [2.45, 2.75) is 65.3 Å². The lowest BCUT2D eigenvalue weighted by Gasteiger charge is -2.31. The molecule has 1 rings (SSSR count). The number of nitrogens with one attached hydrogen (secondary N) is 1. The fraction of sp³-hybridized carbons (Fsp3) is 1.00. The standard InChI is InChI=1S/C15H32N2/c1-4-7-15-8-12-17(13-9-15)11-6-5-10-16-14(2)3/h14-16H,4-13H2,1-3H3. The monoisotopic (exact) mass is 240 g/mol. The van der Waals surface area contributed by atoms with Gasteiger partial charge in [0.15, 0.2) is 0 Å². The molecule has 1 N–H and O–H groups in total. The molecule has 0 aromatic carbocycles. The summed E-state index contributed by atoms with van der Waals surface area (Å²) in [5.41, 5.74) is 0. The molecule has 0 radical (unpaired) electrons. The Bertz CT molecular complexity index is 172. The summed E-state index contributed by atoms with van der Waals surface area (Å²) in [5, 5.41) is 3.49.